The predicted octanol–water partition coefficient (Wildman–Crippen LogP) is 1.90. The number of hydrogen-bond acceptors (Lipinski definition) is 5. The predicted molar refractivity (Wildman–Crippen MR) is 100 cm³/mol. The van der Waals surface area contributed by atoms with Crippen molar-refractivity contribution in [2.45, 2.75) is 6.42 Å². The highest BCUT2D eigenvalue weighted by atomic mass is 16.5. The normalized spacial score (nSPS) is 18.1. The Morgan fingerprint density at radius 2 is 2.00 bits per heavy atom. The fourth-order valence-corrected chi connectivity index (χ4v) is 2.97. The van der Waals surface area contributed by atoms with Crippen LogP contribution >= 0.6 is 0 Å². The Labute approximate surface area is 156 Å². The van der Waals surface area contributed by atoms with Crippen LogP contribution in [0.5, 0.6) is 11.5 Å². The zero-order chi connectivity index (χ0) is 19.4. The molecule has 1 aromatic carbocycles. The van der Waals surface area contributed by atoms with E-state index in [1.807, 2.05) is 12.1 Å². The summed E-state index contributed by atoms with van der Waals surface area (Å²) < 4.78 is 10.4. The van der Waals surface area contributed by atoms with Crippen molar-refractivity contribution in [2.24, 2.45) is 10.9 Å². The molecule has 1 aromatic rings. The summed E-state index contributed by atoms with van der Waals surface area (Å²) >= 11 is 0. The van der Waals surface area contributed by atoms with E-state index in [9.17, 15) is 14.7 Å². The third-order valence-electron chi connectivity index (χ3n) is 4.37. The van der Waals surface area contributed by atoms with Gasteiger partial charge in [0.1, 0.15) is 11.3 Å². The van der Waals surface area contributed by atoms with Crippen LogP contribution in [-0.4, -0.2) is 43.4 Å². The molecule has 0 bridgehead atoms. The average molecular weight is 368 g/mol. The van der Waals surface area contributed by atoms with E-state index in [0.29, 0.717) is 23.6 Å². The van der Waals surface area contributed by atoms with Gasteiger partial charge in [0.15, 0.2) is 11.5 Å². The molecule has 27 heavy (non-hydrogen) atoms. The van der Waals surface area contributed by atoms with Crippen LogP contribution < -0.4 is 14.8 Å². The minimum Gasteiger partial charge on any atom is -0.510 e. The van der Waals surface area contributed by atoms with E-state index in [4.69, 9.17) is 9.47 Å². The first kappa shape index (κ1) is 18.4. The summed E-state index contributed by atoms with van der Waals surface area (Å²) in [6.45, 7) is 0.287. The second kappa shape index (κ2) is 7.90. The molecular formula is C20H20N2O5. The van der Waals surface area contributed by atoms with Gasteiger partial charge < -0.3 is 19.9 Å². The number of nitrogens with zero attached hydrogens (tertiary/aromatic N) is 1. The second-order valence-corrected chi connectivity index (χ2v) is 6.02. The molecule has 0 spiro atoms. The zero-order valence-corrected chi connectivity index (χ0v) is 15.1. The van der Waals surface area contributed by atoms with E-state index in [-0.39, 0.29) is 17.9 Å². The standard InChI is InChI=1S/C20H20N2O5/c1-26-15-8-7-12(11-16(15)27-2)9-10-21-19(24)17-18(23)13-5-3-4-6-14(13)22-20(17)25/h3-8,11,13,23H,9-10H2,1-2H3,(H,21,24). The van der Waals surface area contributed by atoms with Gasteiger partial charge in [0.25, 0.3) is 11.8 Å². The molecule has 7 heteroatoms. The Morgan fingerprint density at radius 3 is 2.74 bits per heavy atom. The molecule has 1 aliphatic heterocycles. The third-order valence-corrected chi connectivity index (χ3v) is 4.37. The van der Waals surface area contributed by atoms with E-state index in [1.54, 1.807) is 44.6 Å². The van der Waals surface area contributed by atoms with E-state index in [0.717, 1.165) is 5.56 Å². The molecule has 2 amide bonds. The molecule has 1 heterocycles. The number of allylic oxidation sites excluding steroid dienone is 4. The number of ether oxygens (including phenoxy) is 2. The van der Waals surface area contributed by atoms with Crippen molar-refractivity contribution in [3.63, 3.8) is 0 Å². The first-order valence-corrected chi connectivity index (χ1v) is 8.45. The van der Waals surface area contributed by atoms with Gasteiger partial charge in [0.2, 0.25) is 0 Å². The first-order chi connectivity index (χ1) is 13.0. The van der Waals surface area contributed by atoms with Crippen LogP contribution in [0.15, 0.2) is 58.8 Å². The van der Waals surface area contributed by atoms with Crippen molar-refractivity contribution in [3.05, 3.63) is 59.4 Å². The van der Waals surface area contributed by atoms with Crippen LogP contribution in [0, 0.1) is 5.92 Å². The largest absolute Gasteiger partial charge is 0.510 e. The third kappa shape index (κ3) is 3.76. The molecule has 0 radical (unpaired) electrons. The number of aliphatic hydroxyl groups excluding tert-OH is 1. The van der Waals surface area contributed by atoms with Gasteiger partial charge >= 0.3 is 0 Å². The fourth-order valence-electron chi connectivity index (χ4n) is 2.97. The minimum absolute atomic E-state index is 0.269. The number of methoxy groups -OCH3 is 2. The van der Waals surface area contributed by atoms with Crippen LogP contribution in [0.25, 0.3) is 0 Å². The first-order valence-electron chi connectivity index (χ1n) is 8.45. The zero-order valence-electron chi connectivity index (χ0n) is 15.1. The molecular weight excluding hydrogens is 348 g/mol. The molecule has 3 rings (SSSR count). The lowest BCUT2D eigenvalue weighted by atomic mass is 9.90. The van der Waals surface area contributed by atoms with Crippen molar-refractivity contribution in [2.75, 3.05) is 20.8 Å². The van der Waals surface area contributed by atoms with Crippen molar-refractivity contribution in [1.29, 1.82) is 0 Å². The SMILES string of the molecule is COc1ccc(CCNC(=O)C2=C(O)C3C=CC=CC3=NC2=O)cc1OC. The lowest BCUT2D eigenvalue weighted by molar-refractivity contribution is -0.122. The van der Waals surface area contributed by atoms with Gasteiger partial charge in [0.05, 0.1) is 25.8 Å². The van der Waals surface area contributed by atoms with Gasteiger partial charge in [-0.25, -0.2) is 4.99 Å². The summed E-state index contributed by atoms with van der Waals surface area (Å²) in [4.78, 5) is 28.4. The van der Waals surface area contributed by atoms with Crippen LogP contribution in [-0.2, 0) is 16.0 Å². The quantitative estimate of drug-likeness (QED) is 0.748. The molecule has 7 nitrogen and oxygen atoms in total. The number of aliphatic imine (C=N–C) groups is 1. The smallest absolute Gasteiger partial charge is 0.286 e. The number of carbonyl (C=O) groups is 2. The highest BCUT2D eigenvalue weighted by molar-refractivity contribution is 6.25. The summed E-state index contributed by atoms with van der Waals surface area (Å²) in [7, 11) is 3.11. The summed E-state index contributed by atoms with van der Waals surface area (Å²) in [5.41, 5.74) is 1.06. The number of hydrogen-bond donors (Lipinski definition) is 2. The highest BCUT2D eigenvalue weighted by Crippen LogP contribution is 2.28. The number of rotatable bonds is 6. The molecule has 0 fully saturated rings. The van der Waals surface area contributed by atoms with Crippen LogP contribution in [0.4, 0.5) is 0 Å². The highest BCUT2D eigenvalue weighted by Gasteiger charge is 2.33. The summed E-state index contributed by atoms with van der Waals surface area (Å²) in [6.07, 6.45) is 7.32. The lowest BCUT2D eigenvalue weighted by Crippen LogP contribution is -2.35. The molecule has 2 N–H and O–H groups in total. The molecule has 0 saturated carbocycles. The van der Waals surface area contributed by atoms with Crippen LogP contribution in [0.2, 0.25) is 0 Å². The maximum atomic E-state index is 12.4. The van der Waals surface area contributed by atoms with E-state index < -0.39 is 17.7 Å². The number of benzene rings is 1. The van der Waals surface area contributed by atoms with Crippen molar-refractivity contribution in [3.8, 4) is 11.5 Å². The van der Waals surface area contributed by atoms with E-state index in [2.05, 4.69) is 10.3 Å². The molecule has 140 valence electrons. The maximum Gasteiger partial charge on any atom is 0.286 e. The van der Waals surface area contributed by atoms with Crippen LogP contribution in [0.3, 0.4) is 0 Å². The minimum atomic E-state index is -0.734. The second-order valence-electron chi connectivity index (χ2n) is 6.02. The van der Waals surface area contributed by atoms with Crippen LogP contribution in [0.1, 0.15) is 5.56 Å². The Kier molecular flexibility index (Phi) is 5.40. The van der Waals surface area contributed by atoms with Gasteiger partial charge in [0, 0.05) is 6.54 Å². The number of carbonyl (C=O) groups excluding carboxylic acids is 2. The molecule has 1 unspecified atom stereocenters. The lowest BCUT2D eigenvalue weighted by Gasteiger charge is -2.21. The maximum absolute atomic E-state index is 12.4. The summed E-state index contributed by atoms with van der Waals surface area (Å²) in [5.74, 6) is -0.973. The van der Waals surface area contributed by atoms with Crippen molar-refractivity contribution < 1.29 is 24.2 Å². The number of aliphatic hydroxyl groups is 1. The fraction of sp³-hybridized carbons (Fsp3) is 0.250. The molecule has 2 aliphatic rings. The summed E-state index contributed by atoms with van der Waals surface area (Å²) in [6, 6.07) is 5.48. The monoisotopic (exact) mass is 368 g/mol. The van der Waals surface area contributed by atoms with Gasteiger partial charge in [-0.05, 0) is 30.2 Å². The van der Waals surface area contributed by atoms with Gasteiger partial charge in [-0.3, -0.25) is 9.59 Å². The molecule has 0 aromatic heterocycles. The number of dihydropyridines is 1. The number of fused-ring (bicyclic) bond motifs is 1. The molecule has 1 atom stereocenters. The Bertz CT molecular complexity index is 896. The Morgan fingerprint density at radius 1 is 1.22 bits per heavy atom. The Balaban J connectivity index is 1.65. The van der Waals surface area contributed by atoms with Crippen molar-refractivity contribution >= 4 is 17.5 Å². The van der Waals surface area contributed by atoms with E-state index in [1.165, 1.54) is 0 Å². The summed E-state index contributed by atoms with van der Waals surface area (Å²) in [5, 5.41) is 13.0. The van der Waals surface area contributed by atoms with Gasteiger partial charge in [-0.2, -0.15) is 0 Å². The molecule has 0 saturated heterocycles. The average Bonchev–Trinajstić information content (AvgIpc) is 2.67. The number of nitrogens with one attached hydrogen (secondary N) is 1. The van der Waals surface area contributed by atoms with Gasteiger partial charge in [-0.1, -0.05) is 24.3 Å². The van der Waals surface area contributed by atoms with E-state index >= 15 is 0 Å². The molecule has 1 aliphatic carbocycles. The topological polar surface area (TPSA) is 97.2 Å². The number of amides is 2. The van der Waals surface area contributed by atoms with Crippen molar-refractivity contribution in [1.82, 2.24) is 5.32 Å². The Hall–Kier alpha value is -3.35. The van der Waals surface area contributed by atoms with Gasteiger partial charge in [-0.15, -0.1) is 0 Å².